The normalized spacial score (nSPS) is 31.1. The predicted molar refractivity (Wildman–Crippen MR) is 88.5 cm³/mol. The number of hydrogen-bond donors (Lipinski definition) is 3. The second-order valence-corrected chi connectivity index (χ2v) is 6.82. The molecule has 2 aliphatic carbocycles. The largest absolute Gasteiger partial charge is 0.328 e. The number of benzene rings is 1. The molecule has 4 rings (SSSR count). The van der Waals surface area contributed by atoms with Crippen molar-refractivity contribution < 1.29 is 0 Å². The average molecular weight is 296 g/mol. The van der Waals surface area contributed by atoms with Crippen molar-refractivity contribution in [3.63, 3.8) is 0 Å². The summed E-state index contributed by atoms with van der Waals surface area (Å²) in [6, 6.07) is 12.7. The zero-order valence-electron chi connectivity index (χ0n) is 12.8. The van der Waals surface area contributed by atoms with E-state index in [1.165, 1.54) is 43.2 Å². The van der Waals surface area contributed by atoms with Crippen LogP contribution in [-0.2, 0) is 0 Å². The molecule has 2 fully saturated rings. The first-order valence-corrected chi connectivity index (χ1v) is 8.41. The summed E-state index contributed by atoms with van der Waals surface area (Å²) in [5, 5.41) is 10.9. The van der Waals surface area contributed by atoms with Crippen molar-refractivity contribution in [2.24, 2.45) is 5.73 Å². The van der Waals surface area contributed by atoms with Crippen molar-refractivity contribution in [3.8, 4) is 11.3 Å². The van der Waals surface area contributed by atoms with E-state index in [2.05, 4.69) is 39.8 Å². The molecule has 0 amide bonds. The third-order valence-corrected chi connectivity index (χ3v) is 5.16. The number of nitrogens with two attached hydrogens (primary N) is 1. The lowest BCUT2D eigenvalue weighted by Gasteiger charge is -2.27. The molecule has 4 heteroatoms. The highest BCUT2D eigenvalue weighted by Crippen LogP contribution is 2.42. The first-order valence-electron chi connectivity index (χ1n) is 8.41. The van der Waals surface area contributed by atoms with Gasteiger partial charge in [-0.1, -0.05) is 24.3 Å². The molecule has 2 atom stereocenters. The Morgan fingerprint density at radius 1 is 1.05 bits per heavy atom. The fraction of sp³-hybridized carbons (Fsp3) is 0.500. The van der Waals surface area contributed by atoms with E-state index >= 15 is 0 Å². The van der Waals surface area contributed by atoms with Crippen LogP contribution in [0.2, 0.25) is 0 Å². The molecule has 0 aliphatic heterocycles. The Morgan fingerprint density at radius 2 is 1.82 bits per heavy atom. The number of nitrogens with zero attached hydrogens (tertiary/aromatic N) is 1. The van der Waals surface area contributed by atoms with Gasteiger partial charge in [0.15, 0.2) is 0 Å². The van der Waals surface area contributed by atoms with E-state index in [1.54, 1.807) is 6.20 Å². The standard InChI is InChI=1S/C18H24N4/c19-14-5-7-15(8-6-14)21-18-11-16(18)12-1-3-13(4-2-12)17-9-10-20-22-17/h1-4,9-10,14-16,18,21H,5-8,11,19H2,(H,20,22)/t14?,15?,16-,18?/m0/s1. The second kappa shape index (κ2) is 5.86. The van der Waals surface area contributed by atoms with E-state index in [1.807, 2.05) is 6.07 Å². The van der Waals surface area contributed by atoms with E-state index in [-0.39, 0.29) is 0 Å². The van der Waals surface area contributed by atoms with E-state index in [4.69, 9.17) is 5.73 Å². The Kier molecular flexibility index (Phi) is 3.72. The number of hydrogen-bond acceptors (Lipinski definition) is 3. The molecule has 116 valence electrons. The second-order valence-electron chi connectivity index (χ2n) is 6.82. The van der Waals surface area contributed by atoms with Gasteiger partial charge in [-0.2, -0.15) is 5.10 Å². The lowest BCUT2D eigenvalue weighted by molar-refractivity contribution is 0.339. The summed E-state index contributed by atoms with van der Waals surface area (Å²) in [6.07, 6.45) is 7.89. The van der Waals surface area contributed by atoms with Crippen LogP contribution in [-0.4, -0.2) is 28.3 Å². The van der Waals surface area contributed by atoms with Crippen molar-refractivity contribution in [2.75, 3.05) is 0 Å². The Balaban J connectivity index is 1.34. The monoisotopic (exact) mass is 296 g/mol. The van der Waals surface area contributed by atoms with Gasteiger partial charge in [0, 0.05) is 30.2 Å². The number of aromatic amines is 1. The summed E-state index contributed by atoms with van der Waals surface area (Å²) in [4.78, 5) is 0. The lowest BCUT2D eigenvalue weighted by atomic mass is 9.92. The Hall–Kier alpha value is -1.65. The van der Waals surface area contributed by atoms with Crippen LogP contribution in [0.1, 0.15) is 43.6 Å². The van der Waals surface area contributed by atoms with Gasteiger partial charge >= 0.3 is 0 Å². The summed E-state index contributed by atoms with van der Waals surface area (Å²) in [5.74, 6) is 0.686. The number of nitrogens with one attached hydrogen (secondary N) is 2. The minimum atomic E-state index is 0.433. The number of H-pyrrole nitrogens is 1. The molecule has 1 unspecified atom stereocenters. The highest BCUT2D eigenvalue weighted by molar-refractivity contribution is 5.59. The molecule has 0 saturated heterocycles. The van der Waals surface area contributed by atoms with Crippen LogP contribution < -0.4 is 11.1 Å². The Labute approximate surface area is 131 Å². The summed E-state index contributed by atoms with van der Waals surface area (Å²) in [5.41, 5.74) is 9.71. The molecule has 1 heterocycles. The van der Waals surface area contributed by atoms with Crippen molar-refractivity contribution in [3.05, 3.63) is 42.1 Å². The average Bonchev–Trinajstić information content (AvgIpc) is 3.09. The van der Waals surface area contributed by atoms with Crippen molar-refractivity contribution >= 4 is 0 Å². The molecular weight excluding hydrogens is 272 g/mol. The quantitative estimate of drug-likeness (QED) is 0.813. The van der Waals surface area contributed by atoms with Gasteiger partial charge in [-0.15, -0.1) is 0 Å². The summed E-state index contributed by atoms with van der Waals surface area (Å²) in [7, 11) is 0. The first-order chi connectivity index (χ1) is 10.8. The van der Waals surface area contributed by atoms with Crippen molar-refractivity contribution in [2.45, 2.75) is 56.1 Å². The van der Waals surface area contributed by atoms with E-state index in [0.717, 1.165) is 5.69 Å². The van der Waals surface area contributed by atoms with E-state index < -0.39 is 0 Å². The van der Waals surface area contributed by atoms with Gasteiger partial charge in [-0.25, -0.2) is 0 Å². The molecule has 1 aromatic carbocycles. The van der Waals surface area contributed by atoms with Crippen molar-refractivity contribution in [1.29, 1.82) is 0 Å². The van der Waals surface area contributed by atoms with Gasteiger partial charge in [0.25, 0.3) is 0 Å². The lowest BCUT2D eigenvalue weighted by Crippen LogP contribution is -2.38. The molecular formula is C18H24N4. The van der Waals surface area contributed by atoms with Gasteiger partial charge in [0.1, 0.15) is 0 Å². The van der Waals surface area contributed by atoms with Crippen LogP contribution in [0.3, 0.4) is 0 Å². The van der Waals surface area contributed by atoms with Gasteiger partial charge < -0.3 is 11.1 Å². The van der Waals surface area contributed by atoms with Crippen LogP contribution >= 0.6 is 0 Å². The number of rotatable bonds is 4. The number of aromatic nitrogens is 2. The Bertz CT molecular complexity index is 597. The fourth-order valence-corrected chi connectivity index (χ4v) is 3.66. The first kappa shape index (κ1) is 14.0. The molecule has 4 N–H and O–H groups in total. The summed E-state index contributed by atoms with van der Waals surface area (Å²) < 4.78 is 0. The summed E-state index contributed by atoms with van der Waals surface area (Å²) in [6.45, 7) is 0. The maximum Gasteiger partial charge on any atom is 0.0650 e. The Morgan fingerprint density at radius 3 is 2.50 bits per heavy atom. The molecule has 1 aromatic heterocycles. The molecule has 0 radical (unpaired) electrons. The van der Waals surface area contributed by atoms with Gasteiger partial charge in [-0.3, -0.25) is 5.10 Å². The molecule has 22 heavy (non-hydrogen) atoms. The molecule has 0 spiro atoms. The summed E-state index contributed by atoms with van der Waals surface area (Å²) >= 11 is 0. The van der Waals surface area contributed by atoms with Crippen LogP contribution in [0.5, 0.6) is 0 Å². The minimum Gasteiger partial charge on any atom is -0.328 e. The van der Waals surface area contributed by atoms with Crippen LogP contribution in [0.4, 0.5) is 0 Å². The molecule has 2 aliphatic rings. The molecule has 0 bridgehead atoms. The smallest absolute Gasteiger partial charge is 0.0650 e. The maximum atomic E-state index is 5.98. The topological polar surface area (TPSA) is 66.7 Å². The molecule has 4 nitrogen and oxygen atoms in total. The van der Waals surface area contributed by atoms with E-state index in [9.17, 15) is 0 Å². The van der Waals surface area contributed by atoms with Crippen LogP contribution in [0.25, 0.3) is 11.3 Å². The third kappa shape index (κ3) is 2.94. The van der Waals surface area contributed by atoms with Crippen molar-refractivity contribution in [1.82, 2.24) is 15.5 Å². The minimum absolute atomic E-state index is 0.433. The van der Waals surface area contributed by atoms with Gasteiger partial charge in [0.05, 0.1) is 5.69 Å². The van der Waals surface area contributed by atoms with E-state index in [0.29, 0.717) is 24.0 Å². The fourth-order valence-electron chi connectivity index (χ4n) is 3.66. The zero-order chi connectivity index (χ0) is 14.9. The van der Waals surface area contributed by atoms with Crippen LogP contribution in [0.15, 0.2) is 36.5 Å². The highest BCUT2D eigenvalue weighted by atomic mass is 15.1. The zero-order valence-corrected chi connectivity index (χ0v) is 12.8. The van der Waals surface area contributed by atoms with Crippen LogP contribution in [0, 0.1) is 0 Å². The SMILES string of the molecule is NC1CCC(NC2C[C@H]2c2ccc(-c3ccn[nH]3)cc2)CC1. The highest BCUT2D eigenvalue weighted by Gasteiger charge is 2.39. The molecule has 2 aromatic rings. The third-order valence-electron chi connectivity index (χ3n) is 5.16. The molecule has 2 saturated carbocycles. The van der Waals surface area contributed by atoms with Gasteiger partial charge in [0.2, 0.25) is 0 Å². The predicted octanol–water partition coefficient (Wildman–Crippen LogP) is 2.79. The van der Waals surface area contributed by atoms with Gasteiger partial charge in [-0.05, 0) is 49.3 Å². The maximum absolute atomic E-state index is 5.98.